The third-order valence-electron chi connectivity index (χ3n) is 21.2. The number of allylic oxidation sites excluding steroid dienone is 3. The maximum Gasteiger partial charge on any atom is 0.0580 e. The van der Waals surface area contributed by atoms with Gasteiger partial charge in [-0.2, -0.15) is 0 Å². The lowest BCUT2D eigenvalue weighted by atomic mass is 9.88. The van der Waals surface area contributed by atoms with Crippen LogP contribution in [0, 0.1) is 0 Å². The van der Waals surface area contributed by atoms with E-state index in [9.17, 15) is 0 Å². The van der Waals surface area contributed by atoms with Crippen LogP contribution in [0.1, 0.15) is 60.1 Å². The molecule has 2 unspecified atom stereocenters. The Labute approximate surface area is 563 Å². The Balaban J connectivity index is 0.694. The Bertz CT molecular complexity index is 6290. The van der Waals surface area contributed by atoms with Crippen LogP contribution in [-0.4, -0.2) is 30.9 Å². The van der Waals surface area contributed by atoms with Crippen LogP contribution in [0.5, 0.6) is 0 Å². The molecule has 0 N–H and O–H groups in total. The Morgan fingerprint density at radius 3 is 1.46 bits per heavy atom. The van der Waals surface area contributed by atoms with Crippen molar-refractivity contribution in [3.05, 3.63) is 324 Å². The van der Waals surface area contributed by atoms with Crippen molar-refractivity contribution in [2.75, 3.05) is 11.4 Å². The first-order chi connectivity index (χ1) is 47.9. The van der Waals surface area contributed by atoms with Crippen molar-refractivity contribution in [3.63, 3.8) is 0 Å². The summed E-state index contributed by atoms with van der Waals surface area (Å²) in [6.45, 7) is 9.53. The molecule has 1 aliphatic carbocycles. The van der Waals surface area contributed by atoms with E-state index in [1.807, 2.05) is 0 Å². The topological polar surface area (TPSA) is 23.0 Å². The molecule has 0 bridgehead atoms. The van der Waals surface area contributed by atoms with Crippen LogP contribution in [0.4, 0.5) is 5.69 Å². The van der Waals surface area contributed by atoms with Gasteiger partial charge in [-0.15, -0.1) is 0 Å². The number of aryl methyl sites for hydroxylation is 2. The Kier molecular flexibility index (Phi) is 13.2. The first-order valence-electron chi connectivity index (χ1n) is 34.4. The van der Waals surface area contributed by atoms with Crippen LogP contribution in [0.2, 0.25) is 0 Å². The number of benzene rings is 13. The molecule has 2 aliphatic rings. The lowest BCUT2D eigenvalue weighted by Gasteiger charge is -2.28. The van der Waals surface area contributed by atoms with Crippen molar-refractivity contribution >= 4 is 145 Å². The van der Waals surface area contributed by atoms with Crippen molar-refractivity contribution in [1.82, 2.24) is 18.3 Å². The van der Waals surface area contributed by atoms with Gasteiger partial charge < -0.3 is 23.2 Å². The summed E-state index contributed by atoms with van der Waals surface area (Å²) in [6.07, 6.45) is 20.9. The fourth-order valence-electron chi connectivity index (χ4n) is 16.8. The van der Waals surface area contributed by atoms with Crippen molar-refractivity contribution in [2.24, 2.45) is 0 Å². The van der Waals surface area contributed by atoms with Crippen molar-refractivity contribution in [2.45, 2.75) is 45.8 Å². The quantitative estimate of drug-likeness (QED) is 0.112. The van der Waals surface area contributed by atoms with E-state index in [-0.39, 0.29) is 0 Å². The molecule has 5 heteroatoms. The monoisotopic (exact) mass is 1240 g/mol. The fraction of sp³-hybridized carbons (Fsp3) is 0.0870. The highest BCUT2D eigenvalue weighted by Crippen LogP contribution is 2.47. The van der Waals surface area contributed by atoms with Gasteiger partial charge in [0.2, 0.25) is 0 Å². The summed E-state index contributed by atoms with van der Waals surface area (Å²) in [5, 5.41) is 14.9. The average molecular weight is 1240 g/mol. The van der Waals surface area contributed by atoms with Crippen molar-refractivity contribution in [1.29, 1.82) is 0 Å². The van der Waals surface area contributed by atoms with Crippen LogP contribution >= 0.6 is 0 Å². The molecule has 0 saturated heterocycles. The minimum Gasteiger partial charge on any atom is -0.364 e. The average Bonchev–Trinajstić information content (AvgIpc) is 1.54. The number of para-hydroxylation sites is 5. The van der Waals surface area contributed by atoms with E-state index in [0.717, 1.165) is 47.6 Å². The van der Waals surface area contributed by atoms with Gasteiger partial charge in [0.1, 0.15) is 0 Å². The first-order valence-corrected chi connectivity index (χ1v) is 34.4. The number of aromatic nitrogens is 4. The van der Waals surface area contributed by atoms with Crippen molar-refractivity contribution in [3.8, 4) is 22.5 Å². The van der Waals surface area contributed by atoms with Crippen molar-refractivity contribution < 1.29 is 0 Å². The van der Waals surface area contributed by atoms with Gasteiger partial charge in [-0.3, -0.25) is 0 Å². The molecule has 4 aromatic heterocycles. The molecule has 0 spiro atoms. The maximum atomic E-state index is 2.54. The molecule has 0 fully saturated rings. The highest BCUT2D eigenvalue weighted by molar-refractivity contribution is 6.21. The SMILES string of the molecule is CCN1c2ccccc2C2C=C(/C=C/c3cc(/C=C/c4ccc5c(c4)c4ccccc4n5CC)cc(/C=C/c4ccc5c(c4)c4cccc(-c6ccc7cccc(-n8c9ccccc9c9cc%10c(cc98)c8ccccc8n%10-c8cccc9ccccc89)c7c6)c4n5CC)c3)C=CC21. The molecule has 2 atom stereocenters. The Morgan fingerprint density at radius 2 is 0.804 bits per heavy atom. The van der Waals surface area contributed by atoms with Gasteiger partial charge in [-0.05, 0) is 173 Å². The second-order valence-electron chi connectivity index (χ2n) is 26.4. The minimum atomic E-state index is 0.329. The summed E-state index contributed by atoms with van der Waals surface area (Å²) < 4.78 is 9.94. The lowest BCUT2D eigenvalue weighted by Crippen LogP contribution is -2.32. The first kappa shape index (κ1) is 56.6. The zero-order valence-corrected chi connectivity index (χ0v) is 54.5. The predicted octanol–water partition coefficient (Wildman–Crippen LogP) is 24.0. The smallest absolute Gasteiger partial charge is 0.0580 e. The minimum absolute atomic E-state index is 0.329. The summed E-state index contributed by atoms with van der Waals surface area (Å²) in [7, 11) is 0. The normalized spacial score (nSPS) is 15.0. The molecule has 17 aromatic rings. The number of nitrogens with zero attached hydrogens (tertiary/aromatic N) is 5. The van der Waals surface area contributed by atoms with Gasteiger partial charge in [-0.1, -0.05) is 218 Å². The predicted molar refractivity (Wildman–Crippen MR) is 416 cm³/mol. The molecule has 13 aromatic carbocycles. The summed E-state index contributed by atoms with van der Waals surface area (Å²) in [6, 6.07) is 97.9. The van der Waals surface area contributed by atoms with Gasteiger partial charge in [0, 0.05) is 107 Å². The molecule has 462 valence electrons. The van der Waals surface area contributed by atoms with E-state index in [1.165, 1.54) is 148 Å². The van der Waals surface area contributed by atoms with Gasteiger partial charge in [0.25, 0.3) is 0 Å². The van der Waals surface area contributed by atoms with Crippen LogP contribution in [0.15, 0.2) is 291 Å². The van der Waals surface area contributed by atoms with E-state index < -0.39 is 0 Å². The maximum absolute atomic E-state index is 2.54. The van der Waals surface area contributed by atoms with Crippen LogP contribution in [0.25, 0.3) is 162 Å². The van der Waals surface area contributed by atoms with Gasteiger partial charge in [-0.25, -0.2) is 0 Å². The van der Waals surface area contributed by atoms with Crippen LogP contribution in [-0.2, 0) is 13.1 Å². The highest BCUT2D eigenvalue weighted by Gasteiger charge is 2.36. The number of fused-ring (bicyclic) bond motifs is 17. The van der Waals surface area contributed by atoms with E-state index in [0.29, 0.717) is 12.0 Å². The van der Waals surface area contributed by atoms with Crippen LogP contribution < -0.4 is 4.90 Å². The third kappa shape index (κ3) is 9.06. The second-order valence-corrected chi connectivity index (χ2v) is 26.4. The van der Waals surface area contributed by atoms with Gasteiger partial charge in [0.15, 0.2) is 0 Å². The number of hydrogen-bond acceptors (Lipinski definition) is 1. The Hall–Kier alpha value is -11.9. The number of anilines is 1. The molecule has 1 aliphatic heterocycles. The molecule has 0 amide bonds. The summed E-state index contributed by atoms with van der Waals surface area (Å²) in [5.74, 6) is 0.329. The molecule has 5 heterocycles. The summed E-state index contributed by atoms with van der Waals surface area (Å²) in [5.41, 5.74) is 24.4. The molecule has 0 radical (unpaired) electrons. The standard InChI is InChI=1S/C92H69N5/c1-4-93-81-30-13-9-24-70(81)76-53-59(42-47-83(76)93)36-39-62-50-63(40-37-60-43-48-84-77(54-60)71-25-10-14-31-82(71)94(84)5-2)52-64(51-62)41-38-61-44-49-85-78(55-61)74-29-19-28-69(92(74)95(85)6-3)67-46-45-66-22-18-35-89(75(66)56-67)97-88-33-16-12-27-73(88)80-57-90-79(58-91(80)97)72-26-11-15-32-87(72)96(90)86-34-17-21-65-20-7-8-23-68(65)86/h7-58,76,83H,4-6H2,1-3H3/b39-36+,40-37+,41-38+. The number of rotatable bonds is 12. The zero-order valence-electron chi connectivity index (χ0n) is 54.5. The molecule has 5 nitrogen and oxygen atoms in total. The molecule has 0 saturated carbocycles. The Morgan fingerprint density at radius 1 is 0.320 bits per heavy atom. The van der Waals surface area contributed by atoms with Gasteiger partial charge >= 0.3 is 0 Å². The summed E-state index contributed by atoms with van der Waals surface area (Å²) >= 11 is 0. The summed E-state index contributed by atoms with van der Waals surface area (Å²) in [4.78, 5) is 2.54. The van der Waals surface area contributed by atoms with E-state index in [1.54, 1.807) is 0 Å². The van der Waals surface area contributed by atoms with E-state index >= 15 is 0 Å². The second kappa shape index (κ2) is 22.6. The molecular formula is C92H69N5. The number of likely N-dealkylation sites (N-methyl/N-ethyl adjacent to an activating group) is 1. The van der Waals surface area contributed by atoms with E-state index in [4.69, 9.17) is 0 Å². The molecule has 97 heavy (non-hydrogen) atoms. The van der Waals surface area contributed by atoms with E-state index in [2.05, 4.69) is 359 Å². The largest absolute Gasteiger partial charge is 0.364 e. The number of hydrogen-bond donors (Lipinski definition) is 0. The fourth-order valence-corrected chi connectivity index (χ4v) is 16.8. The lowest BCUT2D eigenvalue weighted by molar-refractivity contribution is 0.685. The zero-order chi connectivity index (χ0) is 64.4. The van der Waals surface area contributed by atoms with Gasteiger partial charge in [0.05, 0.1) is 45.0 Å². The highest BCUT2D eigenvalue weighted by atomic mass is 15.2. The van der Waals surface area contributed by atoms with Crippen LogP contribution in [0.3, 0.4) is 0 Å². The third-order valence-corrected chi connectivity index (χ3v) is 21.2. The molecular weight excluding hydrogens is 1180 g/mol. The molecule has 19 rings (SSSR count).